The summed E-state index contributed by atoms with van der Waals surface area (Å²) in [5.41, 5.74) is 1.09. The van der Waals surface area contributed by atoms with Gasteiger partial charge in [-0.25, -0.2) is 4.98 Å². The van der Waals surface area contributed by atoms with Crippen LogP contribution in [-0.4, -0.2) is 50.5 Å². The van der Waals surface area contributed by atoms with Gasteiger partial charge in [-0.2, -0.15) is 0 Å². The first-order valence-corrected chi connectivity index (χ1v) is 6.58. The maximum absolute atomic E-state index is 6.00. The second-order valence-corrected chi connectivity index (χ2v) is 4.66. The summed E-state index contributed by atoms with van der Waals surface area (Å²) < 4.78 is 11.4. The molecule has 0 amide bonds. The van der Waals surface area contributed by atoms with E-state index in [0.29, 0.717) is 0 Å². The van der Waals surface area contributed by atoms with Crippen molar-refractivity contribution in [3.8, 4) is 5.88 Å². The minimum atomic E-state index is 0. The van der Waals surface area contributed by atoms with E-state index >= 15 is 0 Å². The molecule has 0 saturated carbocycles. The van der Waals surface area contributed by atoms with Gasteiger partial charge in [-0.3, -0.25) is 0 Å². The van der Waals surface area contributed by atoms with Crippen molar-refractivity contribution in [2.75, 3.05) is 44.3 Å². The molecule has 0 radical (unpaired) electrons. The zero-order chi connectivity index (χ0) is 12.2. The van der Waals surface area contributed by atoms with Crippen LogP contribution in [0.2, 0.25) is 0 Å². The third-order valence-electron chi connectivity index (χ3n) is 3.40. The van der Waals surface area contributed by atoms with Gasteiger partial charge in [-0.05, 0) is 25.1 Å². The fourth-order valence-corrected chi connectivity index (χ4v) is 2.40. The number of hydrogen-bond donors (Lipinski definition) is 1. The number of halogens is 1. The number of aromatic nitrogens is 1. The van der Waals surface area contributed by atoms with E-state index in [1.165, 1.54) is 0 Å². The second kappa shape index (κ2) is 6.93. The van der Waals surface area contributed by atoms with Crippen molar-refractivity contribution in [1.29, 1.82) is 0 Å². The van der Waals surface area contributed by atoms with E-state index < -0.39 is 0 Å². The molecule has 1 aromatic heterocycles. The van der Waals surface area contributed by atoms with Gasteiger partial charge < -0.3 is 19.7 Å². The molecule has 3 rings (SSSR count). The Kier molecular flexibility index (Phi) is 5.24. The lowest BCUT2D eigenvalue weighted by molar-refractivity contribution is 0.122. The molecule has 3 heterocycles. The lowest BCUT2D eigenvalue weighted by Crippen LogP contribution is -2.36. The third-order valence-corrected chi connectivity index (χ3v) is 3.40. The molecule has 2 aliphatic heterocycles. The van der Waals surface area contributed by atoms with Gasteiger partial charge in [0.15, 0.2) is 0 Å². The Hall–Kier alpha value is -1.04. The SMILES string of the molecule is Cl.c1cnc(O[C@H]2CCNC2)c(N2CCOCC2)c1. The number of nitrogens with one attached hydrogen (secondary N) is 1. The zero-order valence-corrected chi connectivity index (χ0v) is 11.7. The number of rotatable bonds is 3. The van der Waals surface area contributed by atoms with Gasteiger partial charge in [0.2, 0.25) is 5.88 Å². The van der Waals surface area contributed by atoms with Crippen molar-refractivity contribution in [3.05, 3.63) is 18.3 Å². The Morgan fingerprint density at radius 3 is 2.95 bits per heavy atom. The molecule has 0 spiro atoms. The fourth-order valence-electron chi connectivity index (χ4n) is 2.40. The third kappa shape index (κ3) is 3.49. The van der Waals surface area contributed by atoms with Gasteiger partial charge in [0, 0.05) is 25.8 Å². The molecule has 1 aromatic rings. The molecule has 0 aliphatic carbocycles. The molecule has 1 atom stereocenters. The molecular formula is C13H20ClN3O2. The molecule has 5 nitrogen and oxygen atoms in total. The van der Waals surface area contributed by atoms with Crippen LogP contribution in [0.3, 0.4) is 0 Å². The van der Waals surface area contributed by atoms with Crippen molar-refractivity contribution < 1.29 is 9.47 Å². The Morgan fingerprint density at radius 2 is 2.21 bits per heavy atom. The van der Waals surface area contributed by atoms with E-state index in [-0.39, 0.29) is 18.5 Å². The first kappa shape index (κ1) is 14.4. The molecule has 2 fully saturated rings. The van der Waals surface area contributed by atoms with Crippen molar-refractivity contribution >= 4 is 18.1 Å². The van der Waals surface area contributed by atoms with Crippen LogP contribution >= 0.6 is 12.4 Å². The van der Waals surface area contributed by atoms with Gasteiger partial charge in [0.05, 0.1) is 13.2 Å². The van der Waals surface area contributed by atoms with Crippen LogP contribution in [0.5, 0.6) is 5.88 Å². The number of nitrogens with zero attached hydrogens (tertiary/aromatic N) is 2. The summed E-state index contributed by atoms with van der Waals surface area (Å²) in [6.07, 6.45) is 3.10. The molecule has 0 unspecified atom stereocenters. The monoisotopic (exact) mass is 285 g/mol. The minimum absolute atomic E-state index is 0. The van der Waals surface area contributed by atoms with E-state index in [2.05, 4.69) is 21.3 Å². The van der Waals surface area contributed by atoms with Crippen molar-refractivity contribution in [2.24, 2.45) is 0 Å². The topological polar surface area (TPSA) is 46.6 Å². The van der Waals surface area contributed by atoms with Gasteiger partial charge in [-0.15, -0.1) is 12.4 Å². The lowest BCUT2D eigenvalue weighted by Gasteiger charge is -2.30. The lowest BCUT2D eigenvalue weighted by atomic mass is 10.3. The normalized spacial score (nSPS) is 22.9. The van der Waals surface area contributed by atoms with Gasteiger partial charge in [0.25, 0.3) is 0 Å². The van der Waals surface area contributed by atoms with Crippen LogP contribution in [0, 0.1) is 0 Å². The van der Waals surface area contributed by atoms with E-state index in [1.807, 2.05) is 6.07 Å². The van der Waals surface area contributed by atoms with E-state index in [1.54, 1.807) is 6.20 Å². The predicted octanol–water partition coefficient (Wildman–Crippen LogP) is 1.08. The molecule has 19 heavy (non-hydrogen) atoms. The van der Waals surface area contributed by atoms with Crippen LogP contribution in [0.25, 0.3) is 0 Å². The summed E-state index contributed by atoms with van der Waals surface area (Å²) in [5.74, 6) is 0.758. The molecule has 2 aliphatic rings. The standard InChI is InChI=1S/C13H19N3O2.ClH/c1-2-12(16-6-8-17-9-7-16)13(15-4-1)18-11-3-5-14-10-11;/h1-2,4,11,14H,3,5-10H2;1H/t11-;/m0./s1. The molecule has 6 heteroatoms. The Labute approximate surface area is 119 Å². The molecule has 1 N–H and O–H groups in total. The molecule has 2 saturated heterocycles. The molecule has 0 bridgehead atoms. The first-order valence-electron chi connectivity index (χ1n) is 6.58. The number of pyridine rings is 1. The summed E-state index contributed by atoms with van der Waals surface area (Å²) in [7, 11) is 0. The number of ether oxygens (including phenoxy) is 2. The highest BCUT2D eigenvalue weighted by molar-refractivity contribution is 5.85. The Balaban J connectivity index is 0.00000133. The Bertz CT molecular complexity index is 393. The van der Waals surface area contributed by atoms with Crippen molar-refractivity contribution in [1.82, 2.24) is 10.3 Å². The van der Waals surface area contributed by atoms with E-state index in [0.717, 1.165) is 57.4 Å². The van der Waals surface area contributed by atoms with Crippen LogP contribution in [-0.2, 0) is 4.74 Å². The summed E-state index contributed by atoms with van der Waals surface area (Å²) in [6, 6.07) is 4.04. The van der Waals surface area contributed by atoms with Crippen LogP contribution in [0.1, 0.15) is 6.42 Å². The fraction of sp³-hybridized carbons (Fsp3) is 0.615. The van der Waals surface area contributed by atoms with Gasteiger partial charge >= 0.3 is 0 Å². The number of anilines is 1. The van der Waals surface area contributed by atoms with Crippen molar-refractivity contribution in [3.63, 3.8) is 0 Å². The molecular weight excluding hydrogens is 266 g/mol. The predicted molar refractivity (Wildman–Crippen MR) is 76.4 cm³/mol. The van der Waals surface area contributed by atoms with Gasteiger partial charge in [0.1, 0.15) is 11.8 Å². The number of morpholine rings is 1. The summed E-state index contributed by atoms with van der Waals surface area (Å²) in [4.78, 5) is 6.67. The van der Waals surface area contributed by atoms with Gasteiger partial charge in [-0.1, -0.05) is 0 Å². The summed E-state index contributed by atoms with van der Waals surface area (Å²) in [5, 5.41) is 3.31. The Morgan fingerprint density at radius 1 is 1.37 bits per heavy atom. The van der Waals surface area contributed by atoms with Crippen molar-refractivity contribution in [2.45, 2.75) is 12.5 Å². The largest absolute Gasteiger partial charge is 0.471 e. The highest BCUT2D eigenvalue weighted by atomic mass is 35.5. The second-order valence-electron chi connectivity index (χ2n) is 4.66. The highest BCUT2D eigenvalue weighted by Crippen LogP contribution is 2.27. The quantitative estimate of drug-likeness (QED) is 0.901. The number of hydrogen-bond acceptors (Lipinski definition) is 5. The highest BCUT2D eigenvalue weighted by Gasteiger charge is 2.21. The summed E-state index contributed by atoms with van der Waals surface area (Å²) >= 11 is 0. The summed E-state index contributed by atoms with van der Waals surface area (Å²) in [6.45, 7) is 5.32. The minimum Gasteiger partial charge on any atom is -0.471 e. The maximum atomic E-state index is 6.00. The smallest absolute Gasteiger partial charge is 0.237 e. The van der Waals surface area contributed by atoms with E-state index in [4.69, 9.17) is 9.47 Å². The van der Waals surface area contributed by atoms with Crippen LogP contribution in [0.4, 0.5) is 5.69 Å². The molecule has 106 valence electrons. The maximum Gasteiger partial charge on any atom is 0.237 e. The zero-order valence-electron chi connectivity index (χ0n) is 10.9. The average Bonchev–Trinajstić information content (AvgIpc) is 2.93. The molecule has 0 aromatic carbocycles. The van der Waals surface area contributed by atoms with Crippen LogP contribution in [0.15, 0.2) is 18.3 Å². The van der Waals surface area contributed by atoms with E-state index in [9.17, 15) is 0 Å². The van der Waals surface area contributed by atoms with Crippen LogP contribution < -0.4 is 15.0 Å². The average molecular weight is 286 g/mol. The first-order chi connectivity index (χ1) is 8.93.